The fourth-order valence-electron chi connectivity index (χ4n) is 9.11. The molecule has 4 heterocycles. The number of hydrogen-bond acceptors (Lipinski definition) is 5. The Morgan fingerprint density at radius 1 is 0.390 bits per heavy atom. The third-order valence-electron chi connectivity index (χ3n) is 11.8. The van der Waals surface area contributed by atoms with E-state index in [1.807, 2.05) is 18.2 Å². The Balaban J connectivity index is 1.16. The van der Waals surface area contributed by atoms with Crippen molar-refractivity contribution in [2.24, 2.45) is 0 Å². The lowest BCUT2D eigenvalue weighted by Crippen LogP contribution is -2.02. The van der Waals surface area contributed by atoms with Crippen molar-refractivity contribution in [1.29, 1.82) is 0 Å². The molecule has 0 saturated carbocycles. The molecule has 0 bridgehead atoms. The van der Waals surface area contributed by atoms with Crippen LogP contribution in [0.2, 0.25) is 0 Å². The van der Waals surface area contributed by atoms with Crippen LogP contribution in [-0.2, 0) is 0 Å². The molecule has 13 aromatic rings. The first kappa shape index (κ1) is 32.4. The van der Waals surface area contributed by atoms with Crippen LogP contribution in [0.25, 0.3) is 125 Å². The summed E-state index contributed by atoms with van der Waals surface area (Å²) < 4.78 is 11.7. The number of furan rings is 1. The van der Waals surface area contributed by atoms with Gasteiger partial charge < -0.3 is 8.98 Å². The van der Waals surface area contributed by atoms with Gasteiger partial charge in [0.2, 0.25) is 0 Å². The average Bonchev–Trinajstić information content (AvgIpc) is 3.96. The summed E-state index contributed by atoms with van der Waals surface area (Å²) in [4.78, 5) is 16.0. The average molecular weight is 771 g/mol. The second-order valence-electron chi connectivity index (χ2n) is 15.2. The van der Waals surface area contributed by atoms with E-state index in [9.17, 15) is 0 Å². The molecule has 0 aliphatic rings. The van der Waals surface area contributed by atoms with E-state index in [1.54, 1.807) is 11.3 Å². The number of rotatable bonds is 4. The molecule has 13 rings (SSSR count). The summed E-state index contributed by atoms with van der Waals surface area (Å²) in [7, 11) is 0. The normalized spacial score (nSPS) is 12.1. The predicted octanol–water partition coefficient (Wildman–Crippen LogP) is 14.5. The standard InChI is InChI=1S/C53H30N4OS/c1-2-13-31(14-3-1)51-54-52(39-21-12-24-48-50(39)38-20-9-11-23-47(38)59-48)56-53(55-51)42-29-36(30-46-49(42)41-26-33-16-5-7-18-35(33)28-45(41)58-46)57-43-22-10-8-19-37(43)40-25-32-15-4-6-17-34(32)27-44(40)57/h1-30H. The summed E-state index contributed by atoms with van der Waals surface area (Å²) in [5, 5.41) is 11.4. The number of thiophene rings is 1. The van der Waals surface area contributed by atoms with Crippen LogP contribution in [0.4, 0.5) is 0 Å². The van der Waals surface area contributed by atoms with Gasteiger partial charge in [-0.05, 0) is 70.1 Å². The van der Waals surface area contributed by atoms with Gasteiger partial charge in [0.05, 0.1) is 16.7 Å². The molecule has 0 amide bonds. The minimum atomic E-state index is 0.583. The lowest BCUT2D eigenvalue weighted by molar-refractivity contribution is 0.669. The topological polar surface area (TPSA) is 56.7 Å². The first-order valence-electron chi connectivity index (χ1n) is 19.8. The van der Waals surface area contributed by atoms with Gasteiger partial charge in [0.15, 0.2) is 17.5 Å². The molecule has 0 fully saturated rings. The van der Waals surface area contributed by atoms with Gasteiger partial charge in [-0.15, -0.1) is 11.3 Å². The smallest absolute Gasteiger partial charge is 0.164 e. The lowest BCUT2D eigenvalue weighted by atomic mass is 10.0. The van der Waals surface area contributed by atoms with Gasteiger partial charge >= 0.3 is 0 Å². The molecule has 0 spiro atoms. The van der Waals surface area contributed by atoms with Gasteiger partial charge in [0.1, 0.15) is 11.2 Å². The molecule has 0 N–H and O–H groups in total. The monoisotopic (exact) mass is 770 g/mol. The zero-order valence-electron chi connectivity index (χ0n) is 31.4. The number of fused-ring (bicyclic) bond motifs is 11. The molecule has 0 unspecified atom stereocenters. The highest BCUT2D eigenvalue weighted by molar-refractivity contribution is 7.25. The second-order valence-corrected chi connectivity index (χ2v) is 16.3. The fraction of sp³-hybridized carbons (Fsp3) is 0. The van der Waals surface area contributed by atoms with Gasteiger partial charge in [0, 0.05) is 64.5 Å². The summed E-state index contributed by atoms with van der Waals surface area (Å²) in [5.74, 6) is 1.82. The van der Waals surface area contributed by atoms with Crippen molar-refractivity contribution in [3.63, 3.8) is 0 Å². The van der Waals surface area contributed by atoms with Gasteiger partial charge in [-0.3, -0.25) is 0 Å². The first-order valence-corrected chi connectivity index (χ1v) is 20.6. The van der Waals surface area contributed by atoms with Crippen molar-refractivity contribution in [3.05, 3.63) is 182 Å². The molecule has 4 aromatic heterocycles. The highest BCUT2D eigenvalue weighted by Gasteiger charge is 2.23. The maximum atomic E-state index is 6.90. The van der Waals surface area contributed by atoms with Crippen LogP contribution >= 0.6 is 11.3 Å². The van der Waals surface area contributed by atoms with Gasteiger partial charge in [-0.1, -0.05) is 127 Å². The van der Waals surface area contributed by atoms with Crippen molar-refractivity contribution < 1.29 is 4.42 Å². The number of para-hydroxylation sites is 1. The third kappa shape index (κ3) is 4.94. The van der Waals surface area contributed by atoms with Crippen LogP contribution in [0.5, 0.6) is 0 Å². The molecular formula is C53H30N4OS. The summed E-state index contributed by atoms with van der Waals surface area (Å²) in [5.41, 5.74) is 7.56. The second kappa shape index (κ2) is 12.4. The number of benzene rings is 9. The Morgan fingerprint density at radius 2 is 1.02 bits per heavy atom. The molecule has 274 valence electrons. The van der Waals surface area contributed by atoms with Crippen LogP contribution in [0, 0.1) is 0 Å². The highest BCUT2D eigenvalue weighted by Crippen LogP contribution is 2.44. The Kier molecular flexibility index (Phi) is 6.82. The summed E-state index contributed by atoms with van der Waals surface area (Å²) in [6, 6.07) is 64.4. The Labute approximate surface area is 341 Å². The molecule has 0 saturated heterocycles. The van der Waals surface area contributed by atoms with Crippen LogP contribution in [0.15, 0.2) is 186 Å². The summed E-state index contributed by atoms with van der Waals surface area (Å²) in [6.45, 7) is 0. The quantitative estimate of drug-likeness (QED) is 0.179. The van der Waals surface area contributed by atoms with Crippen LogP contribution in [0.1, 0.15) is 0 Å². The molecule has 9 aromatic carbocycles. The van der Waals surface area contributed by atoms with E-state index in [0.29, 0.717) is 17.5 Å². The molecule has 6 heteroatoms. The molecule has 0 aliphatic heterocycles. The van der Waals surface area contributed by atoms with E-state index in [4.69, 9.17) is 19.4 Å². The van der Waals surface area contributed by atoms with Crippen molar-refractivity contribution in [2.45, 2.75) is 0 Å². The lowest BCUT2D eigenvalue weighted by Gasteiger charge is -2.13. The zero-order valence-corrected chi connectivity index (χ0v) is 32.2. The first-order chi connectivity index (χ1) is 29.2. The SMILES string of the molecule is c1ccc(-c2nc(-c3cc(-n4c5ccccc5c5cc6ccccc6cc54)cc4oc5cc6ccccc6cc5c34)nc(-c3cccc4sc5ccccc5c34)n2)cc1. The van der Waals surface area contributed by atoms with E-state index in [2.05, 4.69) is 168 Å². The Hall–Kier alpha value is -7.67. The Morgan fingerprint density at radius 3 is 1.83 bits per heavy atom. The predicted molar refractivity (Wildman–Crippen MR) is 246 cm³/mol. The largest absolute Gasteiger partial charge is 0.456 e. The van der Waals surface area contributed by atoms with E-state index in [-0.39, 0.29) is 0 Å². The van der Waals surface area contributed by atoms with Crippen LogP contribution < -0.4 is 0 Å². The van der Waals surface area contributed by atoms with Crippen molar-refractivity contribution in [1.82, 2.24) is 19.5 Å². The summed E-state index contributed by atoms with van der Waals surface area (Å²) >= 11 is 1.79. The maximum absolute atomic E-state index is 6.90. The van der Waals surface area contributed by atoms with Crippen LogP contribution in [0.3, 0.4) is 0 Å². The number of hydrogen-bond donors (Lipinski definition) is 0. The van der Waals surface area contributed by atoms with E-state index in [1.165, 1.54) is 36.3 Å². The Bertz CT molecular complexity index is 3860. The molecule has 5 nitrogen and oxygen atoms in total. The van der Waals surface area contributed by atoms with E-state index in [0.717, 1.165) is 71.5 Å². The van der Waals surface area contributed by atoms with Gasteiger partial charge in [0.25, 0.3) is 0 Å². The third-order valence-corrected chi connectivity index (χ3v) is 12.9. The van der Waals surface area contributed by atoms with Gasteiger partial charge in [-0.25, -0.2) is 15.0 Å². The summed E-state index contributed by atoms with van der Waals surface area (Å²) in [6.07, 6.45) is 0. The number of nitrogens with zero attached hydrogens (tertiary/aromatic N) is 4. The van der Waals surface area contributed by atoms with E-state index < -0.39 is 0 Å². The molecule has 0 atom stereocenters. The minimum absolute atomic E-state index is 0.583. The van der Waals surface area contributed by atoms with Crippen LogP contribution in [-0.4, -0.2) is 19.5 Å². The van der Waals surface area contributed by atoms with E-state index >= 15 is 0 Å². The molecule has 0 radical (unpaired) electrons. The molecule has 0 aliphatic carbocycles. The maximum Gasteiger partial charge on any atom is 0.164 e. The molecular weight excluding hydrogens is 741 g/mol. The van der Waals surface area contributed by atoms with Crippen molar-refractivity contribution >= 4 is 96.8 Å². The number of aromatic nitrogens is 4. The van der Waals surface area contributed by atoms with Crippen molar-refractivity contribution in [3.8, 4) is 39.9 Å². The minimum Gasteiger partial charge on any atom is -0.456 e. The van der Waals surface area contributed by atoms with Crippen molar-refractivity contribution in [2.75, 3.05) is 0 Å². The van der Waals surface area contributed by atoms with Gasteiger partial charge in [-0.2, -0.15) is 0 Å². The zero-order chi connectivity index (χ0) is 38.6. The highest BCUT2D eigenvalue weighted by atomic mass is 32.1. The molecule has 59 heavy (non-hydrogen) atoms. The fourth-order valence-corrected chi connectivity index (χ4v) is 10.2.